The van der Waals surface area contributed by atoms with Gasteiger partial charge in [0.25, 0.3) is 5.91 Å². The van der Waals surface area contributed by atoms with Gasteiger partial charge in [0.2, 0.25) is 0 Å². The Balaban J connectivity index is 0.00000158. The molecular formula is C24H33ClF3N3O2. The van der Waals surface area contributed by atoms with Crippen LogP contribution in [0.5, 0.6) is 0 Å². The molecule has 3 rings (SSSR count). The molecule has 33 heavy (non-hydrogen) atoms. The Hall–Kier alpha value is -2.58. The summed E-state index contributed by atoms with van der Waals surface area (Å²) < 4.78 is 39.7. The first-order valence-corrected chi connectivity index (χ1v) is 11.3. The van der Waals surface area contributed by atoms with Gasteiger partial charge in [0.1, 0.15) is 0 Å². The molecule has 184 valence electrons. The van der Waals surface area contributed by atoms with E-state index in [0.717, 1.165) is 18.3 Å². The van der Waals surface area contributed by atoms with Crippen LogP contribution in [0.25, 0.3) is 0 Å². The van der Waals surface area contributed by atoms with E-state index in [1.54, 1.807) is 18.2 Å². The maximum absolute atomic E-state index is 13.2. The van der Waals surface area contributed by atoms with Gasteiger partial charge >= 0.3 is 6.18 Å². The highest BCUT2D eigenvalue weighted by Gasteiger charge is 2.36. The fourth-order valence-electron chi connectivity index (χ4n) is 2.82. The van der Waals surface area contributed by atoms with E-state index in [-0.39, 0.29) is 10.7 Å². The van der Waals surface area contributed by atoms with Crippen molar-refractivity contribution < 1.29 is 23.1 Å². The highest BCUT2D eigenvalue weighted by atomic mass is 35.5. The zero-order valence-corrected chi connectivity index (χ0v) is 20.6. The maximum Gasteiger partial charge on any atom is 0.417 e. The first-order chi connectivity index (χ1) is 15.7. The molecule has 1 fully saturated rings. The fourth-order valence-corrected chi connectivity index (χ4v) is 3.08. The van der Waals surface area contributed by atoms with Crippen LogP contribution in [0.4, 0.5) is 24.5 Å². The minimum atomic E-state index is -4.74. The molecule has 0 saturated carbocycles. The quantitative estimate of drug-likeness (QED) is 0.412. The standard InChI is InChI=1S/C18H15ClF3N3O2.3C2H6/c19-14-3-1-2-13(18(20,21)22)16(14)17(27)24-15-6-11(5-4-10(15)7-23)25-8-12(26)9-25;3*1-2/h1-7,12,23,26H,8-9H2,(H,24,27);3*1-2H3. The summed E-state index contributed by atoms with van der Waals surface area (Å²) in [7, 11) is 0. The van der Waals surface area contributed by atoms with Crippen molar-refractivity contribution in [2.24, 2.45) is 0 Å². The Bertz CT molecular complexity index is 899. The van der Waals surface area contributed by atoms with Crippen molar-refractivity contribution >= 4 is 35.1 Å². The topological polar surface area (TPSA) is 76.4 Å². The first-order valence-electron chi connectivity index (χ1n) is 11.0. The number of anilines is 2. The van der Waals surface area contributed by atoms with Gasteiger partial charge < -0.3 is 20.7 Å². The molecule has 1 amide bonds. The summed E-state index contributed by atoms with van der Waals surface area (Å²) in [6.45, 7) is 12.8. The van der Waals surface area contributed by atoms with Crippen LogP contribution >= 0.6 is 11.6 Å². The van der Waals surface area contributed by atoms with Crippen LogP contribution < -0.4 is 10.2 Å². The van der Waals surface area contributed by atoms with Crippen molar-refractivity contribution in [3.8, 4) is 0 Å². The minimum absolute atomic E-state index is 0.182. The summed E-state index contributed by atoms with van der Waals surface area (Å²) in [4.78, 5) is 14.4. The predicted molar refractivity (Wildman–Crippen MR) is 131 cm³/mol. The summed E-state index contributed by atoms with van der Waals surface area (Å²) in [5.41, 5.74) is -0.620. The van der Waals surface area contributed by atoms with Crippen molar-refractivity contribution in [2.45, 2.75) is 53.8 Å². The highest BCUT2D eigenvalue weighted by Crippen LogP contribution is 2.36. The largest absolute Gasteiger partial charge is 0.417 e. The van der Waals surface area contributed by atoms with Crippen molar-refractivity contribution in [1.29, 1.82) is 5.41 Å². The number of rotatable bonds is 4. The van der Waals surface area contributed by atoms with Crippen molar-refractivity contribution in [1.82, 2.24) is 0 Å². The Labute approximate surface area is 199 Å². The predicted octanol–water partition coefficient (Wildman–Crippen LogP) is 6.87. The molecule has 0 unspecified atom stereocenters. The second-order valence-corrected chi connectivity index (χ2v) is 6.50. The molecule has 0 aliphatic carbocycles. The molecule has 1 saturated heterocycles. The number of hydrogen-bond acceptors (Lipinski definition) is 4. The normalized spacial score (nSPS) is 12.5. The number of benzene rings is 2. The van der Waals surface area contributed by atoms with Crippen LogP contribution in [-0.2, 0) is 6.18 Å². The number of amides is 1. The monoisotopic (exact) mass is 487 g/mol. The molecule has 0 bridgehead atoms. The minimum Gasteiger partial charge on any atom is -0.389 e. The Morgan fingerprint density at radius 2 is 1.70 bits per heavy atom. The number of nitrogens with one attached hydrogen (secondary N) is 2. The fraction of sp³-hybridized carbons (Fsp3) is 0.417. The van der Waals surface area contributed by atoms with Gasteiger partial charge in [0.15, 0.2) is 0 Å². The molecule has 2 aromatic rings. The molecule has 3 N–H and O–H groups in total. The molecule has 0 atom stereocenters. The lowest BCUT2D eigenvalue weighted by Gasteiger charge is -2.38. The van der Waals surface area contributed by atoms with Gasteiger partial charge in [0.05, 0.1) is 27.9 Å². The summed E-state index contributed by atoms with van der Waals surface area (Å²) in [5, 5.41) is 19.0. The van der Waals surface area contributed by atoms with Gasteiger partial charge in [-0.1, -0.05) is 59.2 Å². The summed E-state index contributed by atoms with van der Waals surface area (Å²) >= 11 is 5.86. The van der Waals surface area contributed by atoms with Crippen LogP contribution in [-0.4, -0.2) is 36.4 Å². The molecule has 0 spiro atoms. The number of carbonyl (C=O) groups excluding carboxylic acids is 1. The van der Waals surface area contributed by atoms with Gasteiger partial charge in [-0.25, -0.2) is 0 Å². The molecule has 9 heteroatoms. The van der Waals surface area contributed by atoms with E-state index in [1.165, 1.54) is 6.07 Å². The van der Waals surface area contributed by atoms with Gasteiger partial charge in [-0.3, -0.25) is 4.79 Å². The molecule has 1 aliphatic heterocycles. The Kier molecular flexibility index (Phi) is 13.4. The highest BCUT2D eigenvalue weighted by molar-refractivity contribution is 6.34. The third-order valence-electron chi connectivity index (χ3n) is 4.21. The molecule has 1 heterocycles. The van der Waals surface area contributed by atoms with Gasteiger partial charge in [-0.05, 0) is 30.3 Å². The molecule has 1 aliphatic rings. The number of carbonyl (C=O) groups is 1. The van der Waals surface area contributed by atoms with Crippen molar-refractivity contribution in [3.05, 3.63) is 58.1 Å². The third-order valence-corrected chi connectivity index (χ3v) is 4.53. The maximum atomic E-state index is 13.2. The lowest BCUT2D eigenvalue weighted by Crippen LogP contribution is -2.50. The van der Waals surface area contributed by atoms with E-state index < -0.39 is 29.3 Å². The van der Waals surface area contributed by atoms with Crippen LogP contribution in [0.3, 0.4) is 0 Å². The van der Waals surface area contributed by atoms with Crippen molar-refractivity contribution in [3.63, 3.8) is 0 Å². The van der Waals surface area contributed by atoms with E-state index in [9.17, 15) is 23.1 Å². The van der Waals surface area contributed by atoms with Crippen LogP contribution in [0.1, 0.15) is 63.0 Å². The molecule has 5 nitrogen and oxygen atoms in total. The summed E-state index contributed by atoms with van der Waals surface area (Å²) in [5.74, 6) is -1.02. The lowest BCUT2D eigenvalue weighted by molar-refractivity contribution is -0.137. The second kappa shape index (κ2) is 14.5. The van der Waals surface area contributed by atoms with E-state index in [1.807, 2.05) is 46.4 Å². The van der Waals surface area contributed by atoms with E-state index >= 15 is 0 Å². The second-order valence-electron chi connectivity index (χ2n) is 6.09. The average Bonchev–Trinajstić information content (AvgIpc) is 2.80. The molecular weight excluding hydrogens is 455 g/mol. The van der Waals surface area contributed by atoms with E-state index in [0.29, 0.717) is 24.3 Å². The number of hydrogen-bond donors (Lipinski definition) is 3. The Morgan fingerprint density at radius 1 is 1.12 bits per heavy atom. The third kappa shape index (κ3) is 8.05. The average molecular weight is 488 g/mol. The van der Waals surface area contributed by atoms with Crippen LogP contribution in [0.15, 0.2) is 36.4 Å². The lowest BCUT2D eigenvalue weighted by atomic mass is 10.0. The molecule has 2 aromatic carbocycles. The first kappa shape index (κ1) is 30.4. The van der Waals surface area contributed by atoms with E-state index in [4.69, 9.17) is 17.0 Å². The zero-order chi connectivity index (χ0) is 25.8. The zero-order valence-electron chi connectivity index (χ0n) is 19.8. The smallest absolute Gasteiger partial charge is 0.389 e. The van der Waals surface area contributed by atoms with Crippen molar-refractivity contribution in [2.75, 3.05) is 23.3 Å². The number of β-amino-alcohol motifs (C(OH)–C–C–N with tert-alkyl or cyclic N) is 1. The summed E-state index contributed by atoms with van der Waals surface area (Å²) in [6.07, 6.45) is -4.19. The number of nitrogens with zero attached hydrogens (tertiary/aromatic N) is 1. The SMILES string of the molecule is CC.CC.CC.N=Cc1ccc(N2CC(O)C2)cc1NC(=O)c1c(Cl)cccc1C(F)(F)F. The number of aliphatic hydroxyl groups excluding tert-OH is 1. The van der Waals surface area contributed by atoms with Gasteiger partial charge in [0, 0.05) is 30.6 Å². The van der Waals surface area contributed by atoms with Gasteiger partial charge in [-0.15, -0.1) is 0 Å². The van der Waals surface area contributed by atoms with Crippen LogP contribution in [0, 0.1) is 5.41 Å². The number of aliphatic hydroxyl groups is 1. The number of halogens is 4. The van der Waals surface area contributed by atoms with Gasteiger partial charge in [-0.2, -0.15) is 13.2 Å². The summed E-state index contributed by atoms with van der Waals surface area (Å²) in [6, 6.07) is 7.95. The molecule has 0 radical (unpaired) electrons. The Morgan fingerprint density at radius 3 is 2.18 bits per heavy atom. The molecule has 0 aromatic heterocycles. The van der Waals surface area contributed by atoms with E-state index in [2.05, 4.69) is 5.32 Å². The number of alkyl halides is 3. The van der Waals surface area contributed by atoms with Crippen LogP contribution in [0.2, 0.25) is 5.02 Å².